The Labute approximate surface area is 161 Å². The number of fused-ring (bicyclic) bond motifs is 3. The van der Waals surface area contributed by atoms with E-state index in [0.717, 1.165) is 22.3 Å². The minimum atomic E-state index is -0.967. The molecule has 0 atom stereocenters. The van der Waals surface area contributed by atoms with E-state index in [1.807, 2.05) is 42.5 Å². The number of nitriles is 1. The average Bonchev–Trinajstić information content (AvgIpc) is 3.07. The van der Waals surface area contributed by atoms with Crippen LogP contribution in [0.2, 0.25) is 0 Å². The minimum absolute atomic E-state index is 0.0739. The highest BCUT2D eigenvalue weighted by atomic mass is 16.8. The van der Waals surface area contributed by atoms with E-state index in [1.165, 1.54) is 6.20 Å². The molecule has 6 nitrogen and oxygen atoms in total. The van der Waals surface area contributed by atoms with Crippen LogP contribution in [-0.4, -0.2) is 23.5 Å². The van der Waals surface area contributed by atoms with Gasteiger partial charge in [0.2, 0.25) is 5.71 Å². The quantitative estimate of drug-likeness (QED) is 0.297. The van der Waals surface area contributed by atoms with Crippen LogP contribution in [0.5, 0.6) is 0 Å². The zero-order chi connectivity index (χ0) is 19.3. The Hall–Kier alpha value is -3.98. The maximum Gasteiger partial charge on any atom is 0.535 e. The molecule has 6 heteroatoms. The molecule has 0 fully saturated rings. The van der Waals surface area contributed by atoms with Crippen molar-refractivity contribution in [2.24, 2.45) is 5.16 Å². The number of carbonyl (C=O) groups is 1. The summed E-state index contributed by atoms with van der Waals surface area (Å²) in [5, 5.41) is 12.7. The number of hydrogen-bond acceptors (Lipinski definition) is 6. The van der Waals surface area contributed by atoms with E-state index in [2.05, 4.69) is 22.3 Å². The smallest absolute Gasteiger partial charge is 0.432 e. The molecule has 0 bridgehead atoms. The van der Waals surface area contributed by atoms with Gasteiger partial charge >= 0.3 is 6.16 Å². The summed E-state index contributed by atoms with van der Waals surface area (Å²) in [6.07, 6.45) is 0.556. The fraction of sp³-hybridized carbons (Fsp3) is 0.0909. The van der Waals surface area contributed by atoms with Gasteiger partial charge in [0, 0.05) is 12.1 Å². The molecule has 1 aliphatic carbocycles. The van der Waals surface area contributed by atoms with Crippen molar-refractivity contribution in [3.63, 3.8) is 0 Å². The summed E-state index contributed by atoms with van der Waals surface area (Å²) >= 11 is 0. The van der Waals surface area contributed by atoms with Crippen molar-refractivity contribution in [1.29, 1.82) is 5.26 Å². The number of rotatable bonds is 4. The first kappa shape index (κ1) is 17.4. The summed E-state index contributed by atoms with van der Waals surface area (Å²) < 4.78 is 5.27. The first-order valence-electron chi connectivity index (χ1n) is 8.69. The van der Waals surface area contributed by atoms with Crippen LogP contribution in [0.25, 0.3) is 11.1 Å². The molecule has 0 saturated heterocycles. The van der Waals surface area contributed by atoms with Gasteiger partial charge in [-0.15, -0.1) is 0 Å². The van der Waals surface area contributed by atoms with E-state index >= 15 is 0 Å². The third-order valence-electron chi connectivity index (χ3n) is 4.56. The second kappa shape index (κ2) is 7.72. The summed E-state index contributed by atoms with van der Waals surface area (Å²) in [4.78, 5) is 20.7. The number of pyridine rings is 1. The standard InChI is InChI=1S/C22H15N3O3/c23-13-21(20-11-5-6-12-24-20)25-28-22(26)27-14-19-17-9-3-1-7-15(17)16-8-2-4-10-18(16)19/h1-12,19H,14H2/b25-21+. The van der Waals surface area contributed by atoms with Gasteiger partial charge in [-0.1, -0.05) is 59.8 Å². The highest BCUT2D eigenvalue weighted by Gasteiger charge is 2.29. The largest absolute Gasteiger partial charge is 0.535 e. The fourth-order valence-corrected chi connectivity index (χ4v) is 3.33. The number of ether oxygens (including phenoxy) is 1. The van der Waals surface area contributed by atoms with Crippen molar-refractivity contribution in [2.75, 3.05) is 6.61 Å². The molecular weight excluding hydrogens is 354 g/mol. The summed E-state index contributed by atoms with van der Waals surface area (Å²) in [5.41, 5.74) is 4.70. The highest BCUT2D eigenvalue weighted by Crippen LogP contribution is 2.44. The van der Waals surface area contributed by atoms with Gasteiger partial charge in [0.1, 0.15) is 18.4 Å². The first-order chi connectivity index (χ1) is 13.8. The number of carbonyl (C=O) groups excluding carboxylic acids is 1. The van der Waals surface area contributed by atoms with E-state index in [1.54, 1.807) is 18.2 Å². The molecule has 0 unspecified atom stereocenters. The van der Waals surface area contributed by atoms with Crippen molar-refractivity contribution >= 4 is 11.9 Å². The lowest BCUT2D eigenvalue weighted by atomic mass is 9.98. The van der Waals surface area contributed by atoms with Gasteiger partial charge in [-0.3, -0.25) is 9.82 Å². The number of nitrogens with zero attached hydrogens (tertiary/aromatic N) is 3. The van der Waals surface area contributed by atoms with Crippen molar-refractivity contribution in [3.8, 4) is 17.2 Å². The Balaban J connectivity index is 1.46. The monoisotopic (exact) mass is 369 g/mol. The van der Waals surface area contributed by atoms with E-state index in [0.29, 0.717) is 5.69 Å². The Kier molecular flexibility index (Phi) is 4.81. The van der Waals surface area contributed by atoms with Crippen LogP contribution >= 0.6 is 0 Å². The van der Waals surface area contributed by atoms with Gasteiger partial charge in [-0.2, -0.15) is 5.26 Å². The lowest BCUT2D eigenvalue weighted by Gasteiger charge is -2.13. The van der Waals surface area contributed by atoms with Gasteiger partial charge in [0.05, 0.1) is 0 Å². The molecule has 4 rings (SSSR count). The molecule has 0 radical (unpaired) electrons. The molecule has 3 aromatic rings. The second-order valence-electron chi connectivity index (χ2n) is 6.15. The lowest BCUT2D eigenvalue weighted by Crippen LogP contribution is -2.13. The van der Waals surface area contributed by atoms with Crippen molar-refractivity contribution in [2.45, 2.75) is 5.92 Å². The Morgan fingerprint density at radius 1 is 1.00 bits per heavy atom. The maximum atomic E-state index is 12.0. The minimum Gasteiger partial charge on any atom is -0.432 e. The van der Waals surface area contributed by atoms with E-state index in [4.69, 9.17) is 14.8 Å². The second-order valence-corrected chi connectivity index (χ2v) is 6.15. The molecule has 28 heavy (non-hydrogen) atoms. The molecule has 0 amide bonds. The molecule has 1 aromatic heterocycles. The van der Waals surface area contributed by atoms with Crippen LogP contribution in [0.1, 0.15) is 22.7 Å². The summed E-state index contributed by atoms with van der Waals surface area (Å²) in [6, 6.07) is 23.0. The molecular formula is C22H15N3O3. The van der Waals surface area contributed by atoms with Crippen molar-refractivity contribution in [1.82, 2.24) is 4.98 Å². The fourth-order valence-electron chi connectivity index (χ4n) is 3.33. The van der Waals surface area contributed by atoms with Crippen LogP contribution < -0.4 is 0 Å². The number of hydrogen-bond donors (Lipinski definition) is 0. The molecule has 2 aromatic carbocycles. The van der Waals surface area contributed by atoms with Gasteiger partial charge in [-0.25, -0.2) is 4.79 Å². The van der Waals surface area contributed by atoms with Crippen molar-refractivity contribution in [3.05, 3.63) is 89.7 Å². The van der Waals surface area contributed by atoms with Gasteiger partial charge in [-0.05, 0) is 34.4 Å². The van der Waals surface area contributed by atoms with Crippen LogP contribution in [0.15, 0.2) is 78.1 Å². The third kappa shape index (κ3) is 3.33. The summed E-state index contributed by atoms with van der Waals surface area (Å²) in [5.74, 6) is -0.0739. The zero-order valence-corrected chi connectivity index (χ0v) is 14.8. The normalized spacial score (nSPS) is 12.6. The zero-order valence-electron chi connectivity index (χ0n) is 14.8. The Morgan fingerprint density at radius 2 is 1.64 bits per heavy atom. The molecule has 136 valence electrons. The average molecular weight is 369 g/mol. The van der Waals surface area contributed by atoms with Gasteiger partial charge < -0.3 is 4.74 Å². The van der Waals surface area contributed by atoms with Gasteiger partial charge in [0.25, 0.3) is 0 Å². The molecule has 1 aliphatic rings. The maximum absolute atomic E-state index is 12.0. The SMILES string of the molecule is N#C/C(=N\OC(=O)OCC1c2ccccc2-c2ccccc21)c1ccccn1. The van der Waals surface area contributed by atoms with Crippen LogP contribution in [0.3, 0.4) is 0 Å². The highest BCUT2D eigenvalue weighted by molar-refractivity contribution is 6.10. The van der Waals surface area contributed by atoms with E-state index < -0.39 is 6.16 Å². The Bertz CT molecular complexity index is 1040. The third-order valence-corrected chi connectivity index (χ3v) is 4.56. The van der Waals surface area contributed by atoms with Crippen molar-refractivity contribution < 1.29 is 14.4 Å². The number of aromatic nitrogens is 1. The molecule has 0 aliphatic heterocycles. The summed E-state index contributed by atoms with van der Waals surface area (Å²) in [7, 11) is 0. The predicted octanol–water partition coefficient (Wildman–Crippen LogP) is 4.27. The van der Waals surface area contributed by atoms with E-state index in [9.17, 15) is 4.79 Å². The van der Waals surface area contributed by atoms with Crippen LogP contribution in [0, 0.1) is 11.3 Å². The van der Waals surface area contributed by atoms with Crippen LogP contribution in [-0.2, 0) is 9.57 Å². The molecule has 0 spiro atoms. The van der Waals surface area contributed by atoms with Crippen LogP contribution in [0.4, 0.5) is 4.79 Å². The summed E-state index contributed by atoms with van der Waals surface area (Å²) in [6.45, 7) is 0.119. The number of oxime groups is 1. The van der Waals surface area contributed by atoms with Gasteiger partial charge in [0.15, 0.2) is 0 Å². The topological polar surface area (TPSA) is 84.6 Å². The predicted molar refractivity (Wildman–Crippen MR) is 103 cm³/mol. The first-order valence-corrected chi connectivity index (χ1v) is 8.69. The Morgan fingerprint density at radius 3 is 2.25 bits per heavy atom. The molecule has 0 N–H and O–H groups in total. The lowest BCUT2D eigenvalue weighted by molar-refractivity contribution is 0.0556. The van der Waals surface area contributed by atoms with E-state index in [-0.39, 0.29) is 18.2 Å². The number of benzene rings is 2. The molecule has 1 heterocycles. The molecule has 0 saturated carbocycles.